The number of carbonyl (C=O) groups is 2. The molecule has 0 bridgehead atoms. The number of nitrogens with zero attached hydrogens (tertiary/aromatic N) is 2. The molecule has 2 amide bonds. The Balaban J connectivity index is 1.50. The molecule has 2 fully saturated rings. The smallest absolute Gasteiger partial charge is 0.293 e. The fraction of sp³-hybridized carbons (Fsp3) is 0.273. The zero-order valence-corrected chi connectivity index (χ0v) is 17.6. The van der Waals surface area contributed by atoms with Gasteiger partial charge in [-0.05, 0) is 65.7 Å². The lowest BCUT2D eigenvalue weighted by Crippen LogP contribution is -2.36. The lowest BCUT2D eigenvalue weighted by atomic mass is 10.1. The van der Waals surface area contributed by atoms with E-state index in [9.17, 15) is 9.59 Å². The van der Waals surface area contributed by atoms with E-state index in [-0.39, 0.29) is 17.7 Å². The van der Waals surface area contributed by atoms with Crippen LogP contribution in [0.2, 0.25) is 5.02 Å². The second kappa shape index (κ2) is 8.61. The van der Waals surface area contributed by atoms with Crippen LogP contribution in [-0.2, 0) is 16.1 Å². The second-order valence-corrected chi connectivity index (χ2v) is 8.47. The molecule has 7 heteroatoms. The molecule has 2 aliphatic rings. The number of hydrogen-bond acceptors (Lipinski definition) is 5. The summed E-state index contributed by atoms with van der Waals surface area (Å²) in [4.78, 5) is 29.2. The van der Waals surface area contributed by atoms with E-state index in [1.165, 1.54) is 10.6 Å². The summed E-state index contributed by atoms with van der Waals surface area (Å²) >= 11 is 6.89. The Morgan fingerprint density at radius 1 is 1.10 bits per heavy atom. The zero-order chi connectivity index (χ0) is 20.4. The average Bonchev–Trinajstić information content (AvgIpc) is 2.98. The van der Waals surface area contributed by atoms with Crippen molar-refractivity contribution in [3.8, 4) is 0 Å². The summed E-state index contributed by atoms with van der Waals surface area (Å²) in [6, 6.07) is 13.3. The Bertz CT molecular complexity index is 969. The molecular formula is C22H21ClN2O3S. The number of aryl methyl sites for hydroxylation is 1. The highest BCUT2D eigenvalue weighted by Crippen LogP contribution is 2.34. The average molecular weight is 429 g/mol. The molecular weight excluding hydrogens is 408 g/mol. The number of imide groups is 1. The minimum absolute atomic E-state index is 0.244. The molecule has 2 aliphatic heterocycles. The van der Waals surface area contributed by atoms with Crippen molar-refractivity contribution in [2.75, 3.05) is 31.2 Å². The molecule has 2 saturated heterocycles. The minimum atomic E-state index is -0.259. The number of morpholine rings is 1. The number of ether oxygens (including phenoxy) is 1. The van der Waals surface area contributed by atoms with Gasteiger partial charge in [0.15, 0.2) is 0 Å². The second-order valence-electron chi connectivity index (χ2n) is 7.04. The van der Waals surface area contributed by atoms with E-state index in [0.29, 0.717) is 9.93 Å². The Morgan fingerprint density at radius 2 is 1.83 bits per heavy atom. The largest absolute Gasteiger partial charge is 0.378 e. The van der Waals surface area contributed by atoms with Crippen molar-refractivity contribution in [1.82, 2.24) is 4.90 Å². The fourth-order valence-corrected chi connectivity index (χ4v) is 4.45. The topological polar surface area (TPSA) is 49.9 Å². The maximum Gasteiger partial charge on any atom is 0.293 e. The van der Waals surface area contributed by atoms with Gasteiger partial charge in [0.25, 0.3) is 11.1 Å². The molecule has 0 atom stereocenters. The summed E-state index contributed by atoms with van der Waals surface area (Å²) in [6.45, 7) is 5.54. The molecule has 29 heavy (non-hydrogen) atoms. The van der Waals surface area contributed by atoms with Gasteiger partial charge >= 0.3 is 0 Å². The van der Waals surface area contributed by atoms with Crippen LogP contribution in [-0.4, -0.2) is 42.3 Å². The summed E-state index contributed by atoms with van der Waals surface area (Å²) in [5, 5.41) is 0.372. The molecule has 4 rings (SSSR count). The Morgan fingerprint density at radius 3 is 2.52 bits per heavy atom. The van der Waals surface area contributed by atoms with Crippen LogP contribution in [0.3, 0.4) is 0 Å². The fourth-order valence-electron chi connectivity index (χ4n) is 3.49. The van der Waals surface area contributed by atoms with E-state index in [0.717, 1.165) is 54.8 Å². The van der Waals surface area contributed by atoms with E-state index in [4.69, 9.17) is 16.3 Å². The van der Waals surface area contributed by atoms with E-state index in [1.807, 2.05) is 18.2 Å². The molecule has 5 nitrogen and oxygen atoms in total. The zero-order valence-electron chi connectivity index (χ0n) is 16.1. The van der Waals surface area contributed by atoms with Crippen molar-refractivity contribution in [1.29, 1.82) is 0 Å². The molecule has 0 radical (unpaired) electrons. The van der Waals surface area contributed by atoms with Crippen LogP contribution >= 0.6 is 23.4 Å². The van der Waals surface area contributed by atoms with E-state index < -0.39 is 0 Å². The maximum absolute atomic E-state index is 12.8. The highest BCUT2D eigenvalue weighted by atomic mass is 35.5. The first kappa shape index (κ1) is 20.0. The van der Waals surface area contributed by atoms with Crippen molar-refractivity contribution < 1.29 is 14.3 Å². The number of hydrogen-bond donors (Lipinski definition) is 0. The van der Waals surface area contributed by atoms with Gasteiger partial charge < -0.3 is 9.64 Å². The van der Waals surface area contributed by atoms with Crippen molar-refractivity contribution >= 4 is 46.3 Å². The summed E-state index contributed by atoms with van der Waals surface area (Å²) in [6.07, 6.45) is 1.79. The third-order valence-corrected chi connectivity index (χ3v) is 6.16. The van der Waals surface area contributed by atoms with Crippen molar-refractivity contribution in [3.05, 3.63) is 69.1 Å². The Labute approximate surface area is 179 Å². The predicted molar refractivity (Wildman–Crippen MR) is 117 cm³/mol. The van der Waals surface area contributed by atoms with Gasteiger partial charge in [0, 0.05) is 23.8 Å². The molecule has 0 saturated carbocycles. The van der Waals surface area contributed by atoms with Crippen molar-refractivity contribution in [3.63, 3.8) is 0 Å². The minimum Gasteiger partial charge on any atom is -0.378 e. The van der Waals surface area contributed by atoms with Crippen LogP contribution in [0.15, 0.2) is 47.4 Å². The Kier molecular flexibility index (Phi) is 5.94. The van der Waals surface area contributed by atoms with Crippen LogP contribution in [0.5, 0.6) is 0 Å². The number of rotatable bonds is 4. The molecule has 0 spiro atoms. The van der Waals surface area contributed by atoms with Gasteiger partial charge in [-0.15, -0.1) is 0 Å². The number of benzene rings is 2. The van der Waals surface area contributed by atoms with Crippen molar-refractivity contribution in [2.45, 2.75) is 13.5 Å². The number of anilines is 1. The van der Waals surface area contributed by atoms with Crippen LogP contribution in [0, 0.1) is 6.92 Å². The number of carbonyl (C=O) groups excluding carboxylic acids is 2. The summed E-state index contributed by atoms with van der Waals surface area (Å²) in [5.41, 5.74) is 4.10. The number of halogens is 1. The van der Waals surface area contributed by atoms with E-state index in [2.05, 4.69) is 24.0 Å². The van der Waals surface area contributed by atoms with Gasteiger partial charge in [0.1, 0.15) is 0 Å². The highest BCUT2D eigenvalue weighted by molar-refractivity contribution is 8.18. The van der Waals surface area contributed by atoms with Crippen molar-refractivity contribution in [2.24, 2.45) is 0 Å². The van der Waals surface area contributed by atoms with Crippen LogP contribution < -0.4 is 4.90 Å². The first-order valence-electron chi connectivity index (χ1n) is 9.44. The summed E-state index contributed by atoms with van der Waals surface area (Å²) in [5.74, 6) is -0.259. The van der Waals surface area contributed by atoms with Gasteiger partial charge in [0.05, 0.1) is 24.7 Å². The third-order valence-electron chi connectivity index (χ3n) is 5.00. The van der Waals surface area contributed by atoms with Crippen LogP contribution in [0.4, 0.5) is 10.5 Å². The molecule has 150 valence electrons. The van der Waals surface area contributed by atoms with Crippen LogP contribution in [0.25, 0.3) is 6.08 Å². The molecule has 0 aromatic heterocycles. The van der Waals surface area contributed by atoms with Gasteiger partial charge in [-0.25, -0.2) is 0 Å². The predicted octanol–water partition coefficient (Wildman–Crippen LogP) is 4.72. The van der Waals surface area contributed by atoms with Gasteiger partial charge in [-0.3, -0.25) is 14.5 Å². The molecule has 2 aromatic rings. The van der Waals surface area contributed by atoms with E-state index >= 15 is 0 Å². The molecule has 0 aliphatic carbocycles. The SMILES string of the molecule is Cc1cc(/C=C2/SC(=O)N(Cc3ccc(Cl)cc3)C2=O)ccc1N1CCOCC1. The number of thioether (sulfide) groups is 1. The first-order chi connectivity index (χ1) is 14.0. The molecule has 2 heterocycles. The lowest BCUT2D eigenvalue weighted by Gasteiger charge is -2.30. The van der Waals surface area contributed by atoms with Gasteiger partial charge in [-0.2, -0.15) is 0 Å². The maximum atomic E-state index is 12.8. The van der Waals surface area contributed by atoms with Crippen LogP contribution in [0.1, 0.15) is 16.7 Å². The monoisotopic (exact) mass is 428 g/mol. The number of amides is 2. The first-order valence-corrected chi connectivity index (χ1v) is 10.6. The highest BCUT2D eigenvalue weighted by Gasteiger charge is 2.35. The normalized spacial score (nSPS) is 18.8. The lowest BCUT2D eigenvalue weighted by molar-refractivity contribution is -0.123. The Hall–Kier alpha value is -2.28. The van der Waals surface area contributed by atoms with Gasteiger partial charge in [-0.1, -0.05) is 29.8 Å². The molecule has 0 unspecified atom stereocenters. The molecule has 2 aromatic carbocycles. The summed E-state index contributed by atoms with van der Waals surface area (Å²) < 4.78 is 5.42. The third kappa shape index (κ3) is 4.50. The standard InChI is InChI=1S/C22H21ClN2O3S/c1-15-12-17(4-7-19(15)24-8-10-28-11-9-24)13-20-21(26)25(22(27)29-20)14-16-2-5-18(23)6-3-16/h2-7,12-13H,8-11,14H2,1H3/b20-13+. The van der Waals surface area contributed by atoms with E-state index in [1.54, 1.807) is 18.2 Å². The summed E-state index contributed by atoms with van der Waals surface area (Å²) in [7, 11) is 0. The molecule has 0 N–H and O–H groups in total. The quantitative estimate of drug-likeness (QED) is 0.659. The van der Waals surface area contributed by atoms with Gasteiger partial charge in [0.2, 0.25) is 0 Å².